The summed E-state index contributed by atoms with van der Waals surface area (Å²) in [6.07, 6.45) is 0. The third kappa shape index (κ3) is 3.12. The molecule has 0 spiro atoms. The van der Waals surface area contributed by atoms with Crippen molar-refractivity contribution in [2.24, 2.45) is 4.40 Å². The van der Waals surface area contributed by atoms with Gasteiger partial charge in [0.2, 0.25) is 0 Å². The molecule has 1 N–H and O–H groups in total. The number of hydrogen-bond acceptors (Lipinski definition) is 3. The van der Waals surface area contributed by atoms with E-state index in [1.54, 1.807) is 19.1 Å². The maximum atomic E-state index is 12.4. The van der Waals surface area contributed by atoms with Gasteiger partial charge in [0.05, 0.1) is 0 Å². The summed E-state index contributed by atoms with van der Waals surface area (Å²) in [6, 6.07) is 17.0. The monoisotopic (exact) mass is 340 g/mol. The number of nitrogens with one attached hydrogen (secondary N) is 1. The average Bonchev–Trinajstić information content (AvgIpc) is 2.77. The molecule has 0 fully saturated rings. The molecule has 0 aromatic heterocycles. The smallest absolute Gasteiger partial charge is 0.285 e. The van der Waals surface area contributed by atoms with Crippen LogP contribution in [0.4, 0.5) is 5.69 Å². The summed E-state index contributed by atoms with van der Waals surface area (Å²) in [4.78, 5) is 0.268. The van der Waals surface area contributed by atoms with Crippen molar-refractivity contribution >= 4 is 26.5 Å². The van der Waals surface area contributed by atoms with Crippen LogP contribution in [0.15, 0.2) is 64.6 Å². The summed E-state index contributed by atoms with van der Waals surface area (Å²) in [5, 5.41) is 3.13. The van der Waals surface area contributed by atoms with Crippen LogP contribution >= 0.6 is 0 Å². The van der Waals surface area contributed by atoms with Crippen molar-refractivity contribution < 1.29 is 8.42 Å². The minimum Gasteiger partial charge on any atom is -0.339 e. The van der Waals surface area contributed by atoms with Crippen molar-refractivity contribution in [3.8, 4) is 0 Å². The number of hydrogen-bond donors (Lipinski definition) is 1. The van der Waals surface area contributed by atoms with E-state index in [9.17, 15) is 8.42 Å². The van der Waals surface area contributed by atoms with Crippen molar-refractivity contribution in [3.05, 3.63) is 71.3 Å². The Balaban J connectivity index is 1.93. The first-order valence-electron chi connectivity index (χ1n) is 7.87. The van der Waals surface area contributed by atoms with Gasteiger partial charge in [0, 0.05) is 11.3 Å². The Kier molecular flexibility index (Phi) is 4.28. The van der Waals surface area contributed by atoms with Crippen LogP contribution in [0.1, 0.15) is 37.8 Å². The van der Waals surface area contributed by atoms with E-state index in [1.165, 1.54) is 5.56 Å². The molecule has 24 heavy (non-hydrogen) atoms. The molecule has 124 valence electrons. The lowest BCUT2D eigenvalue weighted by molar-refractivity contribution is 0.608. The predicted molar refractivity (Wildman–Crippen MR) is 99.5 cm³/mol. The molecule has 0 saturated carbocycles. The molecule has 1 aliphatic heterocycles. The molecule has 1 aliphatic rings. The normalized spacial score (nSPS) is 16.4. The largest absolute Gasteiger partial charge is 0.339 e. The summed E-state index contributed by atoms with van der Waals surface area (Å²) in [7, 11) is -3.68. The molecule has 0 aliphatic carbocycles. The summed E-state index contributed by atoms with van der Waals surface area (Å²) >= 11 is 0. The van der Waals surface area contributed by atoms with Crippen LogP contribution in [-0.4, -0.2) is 14.3 Å². The molecule has 4 nitrogen and oxygen atoms in total. The van der Waals surface area contributed by atoms with Crippen LogP contribution in [-0.2, 0) is 10.0 Å². The van der Waals surface area contributed by atoms with Gasteiger partial charge in [-0.3, -0.25) is 0 Å². The molecular formula is C19H20N2O2S. The van der Waals surface area contributed by atoms with E-state index in [0.29, 0.717) is 22.9 Å². The highest BCUT2D eigenvalue weighted by molar-refractivity contribution is 8.00. The van der Waals surface area contributed by atoms with E-state index in [0.717, 1.165) is 5.69 Å². The van der Waals surface area contributed by atoms with Gasteiger partial charge in [-0.25, -0.2) is 0 Å². The lowest BCUT2D eigenvalue weighted by Crippen LogP contribution is -2.11. The van der Waals surface area contributed by atoms with Crippen LogP contribution < -0.4 is 5.32 Å². The Hall–Kier alpha value is -2.40. The van der Waals surface area contributed by atoms with E-state index in [4.69, 9.17) is 0 Å². The second kappa shape index (κ2) is 6.24. The maximum Gasteiger partial charge on any atom is 0.285 e. The van der Waals surface area contributed by atoms with Crippen LogP contribution in [0, 0.1) is 0 Å². The molecule has 0 saturated heterocycles. The number of amidine groups is 1. The first-order chi connectivity index (χ1) is 11.4. The van der Waals surface area contributed by atoms with Gasteiger partial charge < -0.3 is 5.32 Å². The van der Waals surface area contributed by atoms with E-state index in [2.05, 4.69) is 23.6 Å². The van der Waals surface area contributed by atoms with Gasteiger partial charge >= 0.3 is 0 Å². The highest BCUT2D eigenvalue weighted by atomic mass is 32.2. The quantitative estimate of drug-likeness (QED) is 0.901. The second-order valence-electron chi connectivity index (χ2n) is 6.14. The van der Waals surface area contributed by atoms with Gasteiger partial charge in [0.15, 0.2) is 0 Å². The Labute approximate surface area is 143 Å². The molecule has 2 aromatic rings. The summed E-state index contributed by atoms with van der Waals surface area (Å²) in [5.41, 5.74) is 3.35. The Morgan fingerprint density at radius 1 is 0.958 bits per heavy atom. The molecule has 0 radical (unpaired) electrons. The average molecular weight is 340 g/mol. The Morgan fingerprint density at radius 2 is 1.58 bits per heavy atom. The van der Waals surface area contributed by atoms with Gasteiger partial charge in [-0.05, 0) is 36.1 Å². The number of sulfonamides is 1. The molecule has 0 atom stereocenters. The maximum absolute atomic E-state index is 12.4. The number of rotatable bonds is 3. The molecule has 2 aromatic carbocycles. The fourth-order valence-electron chi connectivity index (χ4n) is 2.69. The molecule has 5 heteroatoms. The van der Waals surface area contributed by atoms with Crippen molar-refractivity contribution in [2.45, 2.75) is 26.7 Å². The van der Waals surface area contributed by atoms with E-state index < -0.39 is 10.0 Å². The second-order valence-corrected chi connectivity index (χ2v) is 7.68. The number of anilines is 1. The highest BCUT2D eigenvalue weighted by Crippen LogP contribution is 2.32. The molecule has 1 heterocycles. The van der Waals surface area contributed by atoms with Crippen LogP contribution in [0.25, 0.3) is 4.91 Å². The minimum atomic E-state index is -3.68. The lowest BCUT2D eigenvalue weighted by atomic mass is 10.0. The van der Waals surface area contributed by atoms with Gasteiger partial charge in [-0.1, -0.05) is 56.3 Å². The summed E-state index contributed by atoms with van der Waals surface area (Å²) in [6.45, 7) is 6.05. The zero-order valence-corrected chi connectivity index (χ0v) is 14.8. The first kappa shape index (κ1) is 16.5. The first-order valence-corrected chi connectivity index (χ1v) is 9.31. The lowest BCUT2D eigenvalue weighted by Gasteiger charge is -2.09. The third-order valence-electron chi connectivity index (χ3n) is 4.04. The van der Waals surface area contributed by atoms with Gasteiger partial charge in [0.1, 0.15) is 10.7 Å². The number of nitrogens with zero attached hydrogens (tertiary/aromatic N) is 1. The third-order valence-corrected chi connectivity index (χ3v) is 5.52. The van der Waals surface area contributed by atoms with Gasteiger partial charge in [-0.15, -0.1) is 4.40 Å². The van der Waals surface area contributed by atoms with Gasteiger partial charge in [0.25, 0.3) is 10.0 Å². The molecule has 0 amide bonds. The van der Waals surface area contributed by atoms with E-state index >= 15 is 0 Å². The molecule has 0 unspecified atom stereocenters. The fraction of sp³-hybridized carbons (Fsp3) is 0.211. The van der Waals surface area contributed by atoms with Crippen LogP contribution in [0.2, 0.25) is 0 Å². The van der Waals surface area contributed by atoms with E-state index in [-0.39, 0.29) is 4.91 Å². The Bertz CT molecular complexity index is 910. The number of benzene rings is 2. The summed E-state index contributed by atoms with van der Waals surface area (Å²) in [5.74, 6) is 0.834. The fourth-order valence-corrected chi connectivity index (χ4v) is 4.13. The predicted octanol–water partition coefficient (Wildman–Crippen LogP) is 4.40. The zero-order valence-electron chi connectivity index (χ0n) is 13.9. The van der Waals surface area contributed by atoms with Crippen molar-refractivity contribution in [2.75, 3.05) is 5.32 Å². The van der Waals surface area contributed by atoms with Crippen molar-refractivity contribution in [1.29, 1.82) is 0 Å². The molecule has 3 rings (SSSR count). The summed E-state index contributed by atoms with van der Waals surface area (Å²) < 4.78 is 28.8. The zero-order chi connectivity index (χ0) is 17.3. The topological polar surface area (TPSA) is 58.5 Å². The van der Waals surface area contributed by atoms with Crippen LogP contribution in [0.5, 0.6) is 0 Å². The standard InChI is InChI=1S/C19H20N2O2S/c1-13(2)15-9-11-17(12-10-15)20-19-14(3)18(24(22,23)21-19)16-7-5-4-6-8-16/h4-13H,1-3H3,(H,20,21). The molecule has 0 bridgehead atoms. The molecular weight excluding hydrogens is 320 g/mol. The van der Waals surface area contributed by atoms with Crippen LogP contribution in [0.3, 0.4) is 0 Å². The van der Waals surface area contributed by atoms with Crippen molar-refractivity contribution in [1.82, 2.24) is 0 Å². The van der Waals surface area contributed by atoms with Crippen molar-refractivity contribution in [3.63, 3.8) is 0 Å². The SMILES string of the molecule is CC1=C(c2ccccc2)S(=O)(=O)N=C1Nc1ccc(C(C)C)cc1. The highest BCUT2D eigenvalue weighted by Gasteiger charge is 2.30. The minimum absolute atomic E-state index is 0.268. The van der Waals surface area contributed by atoms with Gasteiger partial charge in [-0.2, -0.15) is 8.42 Å². The van der Waals surface area contributed by atoms with E-state index in [1.807, 2.05) is 42.5 Å². The Morgan fingerprint density at radius 3 is 2.17 bits per heavy atom.